The summed E-state index contributed by atoms with van der Waals surface area (Å²) in [4.78, 5) is 4.01. The number of hydrogen-bond donors (Lipinski definition) is 3. The fourth-order valence-electron chi connectivity index (χ4n) is 1.90. The Balaban J connectivity index is 2.32. The highest BCUT2D eigenvalue weighted by Crippen LogP contribution is 2.33. The Kier molecular flexibility index (Phi) is 2.39. The maximum Gasteiger partial charge on any atom is 0.0955 e. The van der Waals surface area contributed by atoms with E-state index >= 15 is 0 Å². The second kappa shape index (κ2) is 3.55. The zero-order chi connectivity index (χ0) is 10.0. The summed E-state index contributed by atoms with van der Waals surface area (Å²) in [5, 5.41) is 13.6. The molecular formula is C10H15N3O. The summed E-state index contributed by atoms with van der Waals surface area (Å²) in [7, 11) is 0. The second-order valence-electron chi connectivity index (χ2n) is 3.74. The van der Waals surface area contributed by atoms with E-state index in [0.717, 1.165) is 18.7 Å². The van der Waals surface area contributed by atoms with E-state index < -0.39 is 5.60 Å². The number of pyridine rings is 1. The van der Waals surface area contributed by atoms with E-state index in [1.807, 2.05) is 0 Å². The minimum absolute atomic E-state index is 0.629. The van der Waals surface area contributed by atoms with Crippen LogP contribution in [0.2, 0.25) is 0 Å². The Hall–Kier alpha value is -1.13. The van der Waals surface area contributed by atoms with E-state index in [4.69, 9.17) is 5.73 Å². The predicted octanol–water partition coefficient (Wildman–Crippen LogP) is 0.235. The van der Waals surface area contributed by atoms with Gasteiger partial charge in [0.25, 0.3) is 0 Å². The Bertz CT molecular complexity index is 321. The third-order valence-electron chi connectivity index (χ3n) is 2.79. The second-order valence-corrected chi connectivity index (χ2v) is 3.74. The molecule has 2 rings (SSSR count). The first kappa shape index (κ1) is 9.43. The molecule has 4 heteroatoms. The molecule has 0 unspecified atom stereocenters. The van der Waals surface area contributed by atoms with Gasteiger partial charge < -0.3 is 16.2 Å². The molecule has 0 aliphatic carbocycles. The third kappa shape index (κ3) is 1.58. The summed E-state index contributed by atoms with van der Waals surface area (Å²) < 4.78 is 0. The van der Waals surface area contributed by atoms with Crippen molar-refractivity contribution < 1.29 is 5.11 Å². The highest BCUT2D eigenvalue weighted by molar-refractivity contribution is 5.47. The van der Waals surface area contributed by atoms with Crippen molar-refractivity contribution in [3.8, 4) is 0 Å². The van der Waals surface area contributed by atoms with Crippen molar-refractivity contribution in [1.82, 2.24) is 10.3 Å². The maximum absolute atomic E-state index is 10.4. The Morgan fingerprint density at radius 2 is 2.14 bits per heavy atom. The van der Waals surface area contributed by atoms with Crippen molar-refractivity contribution in [1.29, 1.82) is 0 Å². The summed E-state index contributed by atoms with van der Waals surface area (Å²) in [5.74, 6) is 0. The number of aliphatic hydroxyl groups is 1. The molecular weight excluding hydrogens is 178 g/mol. The minimum Gasteiger partial charge on any atom is -0.398 e. The normalized spacial score (nSPS) is 20.6. The average Bonchev–Trinajstić information content (AvgIpc) is 2.19. The first-order valence-electron chi connectivity index (χ1n) is 4.85. The van der Waals surface area contributed by atoms with Crippen LogP contribution in [0.25, 0.3) is 0 Å². The van der Waals surface area contributed by atoms with Gasteiger partial charge in [-0.15, -0.1) is 0 Å². The smallest absolute Gasteiger partial charge is 0.0955 e. The molecule has 1 aliphatic rings. The molecule has 0 atom stereocenters. The summed E-state index contributed by atoms with van der Waals surface area (Å²) in [6, 6.07) is 1.73. The first-order valence-corrected chi connectivity index (χ1v) is 4.85. The quantitative estimate of drug-likeness (QED) is 0.597. The van der Waals surface area contributed by atoms with Gasteiger partial charge in [-0.3, -0.25) is 4.98 Å². The van der Waals surface area contributed by atoms with Crippen LogP contribution in [0.5, 0.6) is 0 Å². The molecule has 1 aromatic rings. The Morgan fingerprint density at radius 3 is 2.79 bits per heavy atom. The van der Waals surface area contributed by atoms with Crippen LogP contribution >= 0.6 is 0 Å². The van der Waals surface area contributed by atoms with Crippen LogP contribution in [0, 0.1) is 0 Å². The number of rotatable bonds is 1. The lowest BCUT2D eigenvalue weighted by atomic mass is 9.85. The van der Waals surface area contributed by atoms with Gasteiger partial charge in [0, 0.05) is 23.6 Å². The van der Waals surface area contributed by atoms with Crippen LogP contribution in [0.4, 0.5) is 5.69 Å². The molecule has 0 amide bonds. The molecule has 1 aliphatic heterocycles. The molecule has 0 saturated carbocycles. The van der Waals surface area contributed by atoms with Crippen molar-refractivity contribution in [2.45, 2.75) is 18.4 Å². The van der Waals surface area contributed by atoms with Crippen molar-refractivity contribution in [2.24, 2.45) is 0 Å². The van der Waals surface area contributed by atoms with Gasteiger partial charge in [0.2, 0.25) is 0 Å². The van der Waals surface area contributed by atoms with Crippen molar-refractivity contribution >= 4 is 5.69 Å². The first-order chi connectivity index (χ1) is 6.72. The van der Waals surface area contributed by atoms with Crippen LogP contribution in [0.15, 0.2) is 18.5 Å². The largest absolute Gasteiger partial charge is 0.398 e. The lowest BCUT2D eigenvalue weighted by molar-refractivity contribution is 0.00636. The predicted molar refractivity (Wildman–Crippen MR) is 54.6 cm³/mol. The number of nitrogens with zero attached hydrogens (tertiary/aromatic N) is 1. The zero-order valence-corrected chi connectivity index (χ0v) is 8.03. The molecule has 1 saturated heterocycles. The summed E-state index contributed by atoms with van der Waals surface area (Å²) in [5.41, 5.74) is 6.42. The van der Waals surface area contributed by atoms with E-state index in [2.05, 4.69) is 10.3 Å². The van der Waals surface area contributed by atoms with Crippen LogP contribution in [0.1, 0.15) is 18.4 Å². The number of nitrogens with one attached hydrogen (secondary N) is 1. The molecule has 4 N–H and O–H groups in total. The van der Waals surface area contributed by atoms with Gasteiger partial charge in [-0.2, -0.15) is 0 Å². The Labute approximate surface area is 83.2 Å². The van der Waals surface area contributed by atoms with Crippen molar-refractivity contribution in [2.75, 3.05) is 18.8 Å². The third-order valence-corrected chi connectivity index (χ3v) is 2.79. The number of anilines is 1. The standard InChI is InChI=1S/C10H15N3O/c11-9-1-4-13-7-8(9)10(14)2-5-12-6-3-10/h1,4,7,12,14H,2-3,5-6H2,(H2,11,13). The van der Waals surface area contributed by atoms with Gasteiger partial charge in [0.15, 0.2) is 0 Å². The van der Waals surface area contributed by atoms with Gasteiger partial charge in [0.1, 0.15) is 0 Å². The van der Waals surface area contributed by atoms with E-state index in [9.17, 15) is 5.11 Å². The van der Waals surface area contributed by atoms with E-state index in [1.165, 1.54) is 0 Å². The fourth-order valence-corrected chi connectivity index (χ4v) is 1.90. The molecule has 0 radical (unpaired) electrons. The number of hydrogen-bond acceptors (Lipinski definition) is 4. The number of aromatic nitrogens is 1. The minimum atomic E-state index is -0.788. The molecule has 0 spiro atoms. The average molecular weight is 193 g/mol. The van der Waals surface area contributed by atoms with Crippen LogP contribution in [-0.4, -0.2) is 23.2 Å². The maximum atomic E-state index is 10.4. The van der Waals surface area contributed by atoms with Crippen LogP contribution in [-0.2, 0) is 5.60 Å². The van der Waals surface area contributed by atoms with Gasteiger partial charge in [-0.25, -0.2) is 0 Å². The van der Waals surface area contributed by atoms with E-state index in [-0.39, 0.29) is 0 Å². The molecule has 14 heavy (non-hydrogen) atoms. The summed E-state index contributed by atoms with van der Waals surface area (Å²) in [6.07, 6.45) is 4.70. The lowest BCUT2D eigenvalue weighted by Crippen LogP contribution is -2.40. The van der Waals surface area contributed by atoms with Gasteiger partial charge >= 0.3 is 0 Å². The van der Waals surface area contributed by atoms with Gasteiger partial charge in [0.05, 0.1) is 5.60 Å². The molecule has 0 aromatic carbocycles. The number of piperidine rings is 1. The molecule has 2 heterocycles. The molecule has 1 aromatic heterocycles. The highest BCUT2D eigenvalue weighted by atomic mass is 16.3. The zero-order valence-electron chi connectivity index (χ0n) is 8.03. The number of nitrogens with two attached hydrogens (primary N) is 1. The van der Waals surface area contributed by atoms with E-state index in [0.29, 0.717) is 18.5 Å². The highest BCUT2D eigenvalue weighted by Gasteiger charge is 2.32. The van der Waals surface area contributed by atoms with Crippen molar-refractivity contribution in [3.63, 3.8) is 0 Å². The number of nitrogen functional groups attached to an aromatic ring is 1. The van der Waals surface area contributed by atoms with Gasteiger partial charge in [-0.05, 0) is 32.0 Å². The molecule has 4 nitrogen and oxygen atoms in total. The molecule has 0 bridgehead atoms. The Morgan fingerprint density at radius 1 is 1.43 bits per heavy atom. The summed E-state index contributed by atoms with van der Waals surface area (Å²) >= 11 is 0. The fraction of sp³-hybridized carbons (Fsp3) is 0.500. The van der Waals surface area contributed by atoms with Gasteiger partial charge in [-0.1, -0.05) is 0 Å². The monoisotopic (exact) mass is 193 g/mol. The van der Waals surface area contributed by atoms with Crippen LogP contribution in [0.3, 0.4) is 0 Å². The van der Waals surface area contributed by atoms with E-state index in [1.54, 1.807) is 18.5 Å². The topological polar surface area (TPSA) is 71.2 Å². The molecule has 76 valence electrons. The molecule has 1 fully saturated rings. The lowest BCUT2D eigenvalue weighted by Gasteiger charge is -2.33. The summed E-state index contributed by atoms with van der Waals surface area (Å²) in [6.45, 7) is 1.65. The van der Waals surface area contributed by atoms with Crippen molar-refractivity contribution in [3.05, 3.63) is 24.0 Å². The SMILES string of the molecule is Nc1ccncc1C1(O)CCNCC1. The van der Waals surface area contributed by atoms with Crippen LogP contribution < -0.4 is 11.1 Å².